The Labute approximate surface area is 61.1 Å². The SMILES string of the molecule is Cc1ncc(C(F)(F)F)c[nH+]1. The molecule has 0 fully saturated rings. The molecule has 0 saturated heterocycles. The average molecular weight is 163 g/mol. The Balaban J connectivity index is 2.99. The van der Waals surface area contributed by atoms with Crippen molar-refractivity contribution in [2.75, 3.05) is 0 Å². The molecule has 2 nitrogen and oxygen atoms in total. The van der Waals surface area contributed by atoms with Crippen LogP contribution < -0.4 is 4.98 Å². The number of aromatic amines is 1. The van der Waals surface area contributed by atoms with Gasteiger partial charge in [-0.05, 0) is 0 Å². The summed E-state index contributed by atoms with van der Waals surface area (Å²) in [6.45, 7) is 1.58. The summed E-state index contributed by atoms with van der Waals surface area (Å²) in [5.74, 6) is 0.456. The van der Waals surface area contributed by atoms with E-state index in [9.17, 15) is 13.2 Å². The van der Waals surface area contributed by atoms with Crippen molar-refractivity contribution in [3.63, 3.8) is 0 Å². The predicted molar refractivity (Wildman–Crippen MR) is 30.5 cm³/mol. The van der Waals surface area contributed by atoms with Crippen LogP contribution in [0.4, 0.5) is 13.2 Å². The van der Waals surface area contributed by atoms with Crippen LogP contribution in [0.15, 0.2) is 12.4 Å². The second kappa shape index (κ2) is 2.48. The molecule has 1 aromatic rings. The third kappa shape index (κ3) is 1.89. The first-order chi connectivity index (χ1) is 5.00. The lowest BCUT2D eigenvalue weighted by atomic mass is 10.3. The van der Waals surface area contributed by atoms with E-state index in [0.29, 0.717) is 5.82 Å². The highest BCUT2D eigenvalue weighted by atomic mass is 19.4. The van der Waals surface area contributed by atoms with Crippen LogP contribution in [0.1, 0.15) is 11.4 Å². The second-order valence-corrected chi connectivity index (χ2v) is 2.09. The zero-order chi connectivity index (χ0) is 8.48. The lowest BCUT2D eigenvalue weighted by Crippen LogP contribution is -2.15. The molecular weight excluding hydrogens is 157 g/mol. The fourth-order valence-corrected chi connectivity index (χ4v) is 0.578. The molecule has 0 aliphatic carbocycles. The van der Waals surface area contributed by atoms with Crippen molar-refractivity contribution in [2.24, 2.45) is 0 Å². The fraction of sp³-hybridized carbons (Fsp3) is 0.333. The predicted octanol–water partition coefficient (Wildman–Crippen LogP) is 1.22. The van der Waals surface area contributed by atoms with Crippen molar-refractivity contribution in [3.8, 4) is 0 Å². The molecule has 1 aromatic heterocycles. The molecule has 0 amide bonds. The number of rotatable bonds is 0. The summed E-state index contributed by atoms with van der Waals surface area (Å²) in [7, 11) is 0. The Morgan fingerprint density at radius 3 is 2.45 bits per heavy atom. The smallest absolute Gasteiger partial charge is 0.247 e. The maximum atomic E-state index is 11.9. The molecule has 0 unspecified atom stereocenters. The molecule has 0 bridgehead atoms. The largest absolute Gasteiger partial charge is 0.423 e. The molecule has 0 saturated carbocycles. The van der Waals surface area contributed by atoms with E-state index in [0.717, 1.165) is 12.4 Å². The highest BCUT2D eigenvalue weighted by Crippen LogP contribution is 2.26. The fourth-order valence-electron chi connectivity index (χ4n) is 0.578. The van der Waals surface area contributed by atoms with Gasteiger partial charge in [0, 0.05) is 6.92 Å². The van der Waals surface area contributed by atoms with E-state index in [1.807, 2.05) is 0 Å². The first kappa shape index (κ1) is 7.97. The topological polar surface area (TPSA) is 27.0 Å². The van der Waals surface area contributed by atoms with Gasteiger partial charge in [0.05, 0.1) is 0 Å². The first-order valence-electron chi connectivity index (χ1n) is 2.91. The summed E-state index contributed by atoms with van der Waals surface area (Å²) in [5.41, 5.74) is -0.761. The van der Waals surface area contributed by atoms with Crippen LogP contribution in [0, 0.1) is 6.92 Å². The third-order valence-corrected chi connectivity index (χ3v) is 1.16. The molecule has 1 heterocycles. The van der Waals surface area contributed by atoms with Crippen LogP contribution in [0.25, 0.3) is 0 Å². The number of nitrogens with one attached hydrogen (secondary N) is 1. The maximum absolute atomic E-state index is 11.9. The van der Waals surface area contributed by atoms with Gasteiger partial charge in [0.25, 0.3) is 5.82 Å². The molecule has 0 aromatic carbocycles. The number of aryl methyl sites for hydroxylation is 1. The average Bonchev–Trinajstić information content (AvgIpc) is 1.86. The Bertz CT molecular complexity index is 239. The van der Waals surface area contributed by atoms with Crippen molar-refractivity contribution >= 4 is 0 Å². The zero-order valence-electron chi connectivity index (χ0n) is 5.74. The molecule has 0 atom stereocenters. The van der Waals surface area contributed by atoms with Crippen molar-refractivity contribution in [1.29, 1.82) is 0 Å². The quantitative estimate of drug-likeness (QED) is 0.565. The minimum Gasteiger partial charge on any atom is -0.247 e. The summed E-state index contributed by atoms with van der Waals surface area (Å²) < 4.78 is 35.6. The Hall–Kier alpha value is -1.13. The van der Waals surface area contributed by atoms with Gasteiger partial charge in [-0.25, -0.2) is 4.98 Å². The van der Waals surface area contributed by atoms with E-state index in [-0.39, 0.29) is 0 Å². The summed E-state index contributed by atoms with van der Waals surface area (Å²) >= 11 is 0. The van der Waals surface area contributed by atoms with Crippen molar-refractivity contribution in [1.82, 2.24) is 4.98 Å². The van der Waals surface area contributed by atoms with Gasteiger partial charge in [-0.3, -0.25) is 0 Å². The molecular formula is C6H6F3N2+. The van der Waals surface area contributed by atoms with Crippen molar-refractivity contribution in [2.45, 2.75) is 13.1 Å². The standard InChI is InChI=1S/C6H5F3N2/c1-4-10-2-5(3-11-4)6(7,8)9/h2-3H,1H3/p+1. The number of aromatic nitrogens is 2. The van der Waals surface area contributed by atoms with Crippen molar-refractivity contribution < 1.29 is 18.2 Å². The van der Waals surface area contributed by atoms with E-state index in [1.54, 1.807) is 6.92 Å². The molecule has 0 spiro atoms. The third-order valence-electron chi connectivity index (χ3n) is 1.16. The van der Waals surface area contributed by atoms with Crippen LogP contribution in [-0.2, 0) is 6.18 Å². The van der Waals surface area contributed by atoms with Gasteiger partial charge in [0.1, 0.15) is 11.8 Å². The second-order valence-electron chi connectivity index (χ2n) is 2.09. The molecule has 5 heteroatoms. The lowest BCUT2D eigenvalue weighted by Gasteiger charge is -2.00. The minimum absolute atomic E-state index is 0.456. The molecule has 0 aliphatic heterocycles. The summed E-state index contributed by atoms with van der Waals surface area (Å²) in [6.07, 6.45) is -2.62. The Kier molecular flexibility index (Phi) is 1.80. The van der Waals surface area contributed by atoms with Gasteiger partial charge in [-0.1, -0.05) is 4.98 Å². The summed E-state index contributed by atoms with van der Waals surface area (Å²) in [5, 5.41) is 0. The van der Waals surface area contributed by atoms with Crippen LogP contribution >= 0.6 is 0 Å². The van der Waals surface area contributed by atoms with Gasteiger partial charge in [-0.2, -0.15) is 13.2 Å². The van der Waals surface area contributed by atoms with Gasteiger partial charge in [-0.15, -0.1) is 0 Å². The number of halogens is 3. The van der Waals surface area contributed by atoms with E-state index in [2.05, 4.69) is 9.97 Å². The van der Waals surface area contributed by atoms with Gasteiger partial charge < -0.3 is 0 Å². The zero-order valence-corrected chi connectivity index (χ0v) is 5.74. The van der Waals surface area contributed by atoms with Crippen LogP contribution in [0.5, 0.6) is 0 Å². The van der Waals surface area contributed by atoms with Crippen LogP contribution in [-0.4, -0.2) is 4.98 Å². The summed E-state index contributed by atoms with van der Waals surface area (Å²) in [6, 6.07) is 0. The first-order valence-corrected chi connectivity index (χ1v) is 2.91. The number of alkyl halides is 3. The maximum Gasteiger partial charge on any atom is 0.423 e. The van der Waals surface area contributed by atoms with Gasteiger partial charge in [0.2, 0.25) is 0 Å². The number of hydrogen-bond donors (Lipinski definition) is 0. The normalized spacial score (nSPS) is 11.6. The van der Waals surface area contributed by atoms with Gasteiger partial charge >= 0.3 is 6.18 Å². The number of H-pyrrole nitrogens is 1. The molecule has 60 valence electrons. The molecule has 11 heavy (non-hydrogen) atoms. The number of nitrogens with zero attached hydrogens (tertiary/aromatic N) is 1. The monoisotopic (exact) mass is 163 g/mol. The summed E-state index contributed by atoms with van der Waals surface area (Å²) in [4.78, 5) is 5.85. The van der Waals surface area contributed by atoms with E-state index in [1.165, 1.54) is 0 Å². The molecule has 1 N–H and O–H groups in total. The van der Waals surface area contributed by atoms with Gasteiger partial charge in [0.15, 0.2) is 6.20 Å². The van der Waals surface area contributed by atoms with E-state index in [4.69, 9.17) is 0 Å². The van der Waals surface area contributed by atoms with Crippen LogP contribution in [0.2, 0.25) is 0 Å². The minimum atomic E-state index is -4.31. The highest BCUT2D eigenvalue weighted by Gasteiger charge is 2.33. The lowest BCUT2D eigenvalue weighted by molar-refractivity contribution is -0.395. The molecule has 0 radical (unpaired) electrons. The van der Waals surface area contributed by atoms with E-state index >= 15 is 0 Å². The van der Waals surface area contributed by atoms with Crippen LogP contribution in [0.3, 0.4) is 0 Å². The molecule has 1 rings (SSSR count). The highest BCUT2D eigenvalue weighted by molar-refractivity contribution is 5.04. The van der Waals surface area contributed by atoms with E-state index < -0.39 is 11.7 Å². The van der Waals surface area contributed by atoms with Crippen molar-refractivity contribution in [3.05, 3.63) is 23.8 Å². The molecule has 0 aliphatic rings. The Morgan fingerprint density at radius 2 is 2.09 bits per heavy atom. The number of hydrogen-bond acceptors (Lipinski definition) is 1. The Morgan fingerprint density at radius 1 is 1.45 bits per heavy atom.